The zero-order chi connectivity index (χ0) is 16.3. The number of carbonyl (C=O) groups excluding carboxylic acids is 2. The molecule has 0 spiro atoms. The Bertz CT molecular complexity index is 559. The van der Waals surface area contributed by atoms with Gasteiger partial charge in [0.05, 0.1) is 12.5 Å². The Morgan fingerprint density at radius 1 is 1.41 bits per heavy atom. The van der Waals surface area contributed by atoms with Crippen LogP contribution in [-0.2, 0) is 4.79 Å². The molecule has 1 aromatic rings. The van der Waals surface area contributed by atoms with E-state index in [1.807, 2.05) is 0 Å². The molecule has 0 aromatic carbocycles. The van der Waals surface area contributed by atoms with E-state index in [0.29, 0.717) is 11.1 Å². The Balaban J connectivity index is 1.85. The molecule has 2 rings (SSSR count). The third-order valence-electron chi connectivity index (χ3n) is 3.43. The fourth-order valence-corrected chi connectivity index (χ4v) is 2.57. The molecule has 0 saturated carbocycles. The lowest BCUT2D eigenvalue weighted by Gasteiger charge is -2.33. The van der Waals surface area contributed by atoms with Gasteiger partial charge in [0.2, 0.25) is 5.91 Å². The van der Waals surface area contributed by atoms with Gasteiger partial charge in [-0.2, -0.15) is 13.2 Å². The second-order valence-corrected chi connectivity index (χ2v) is 5.79. The lowest BCUT2D eigenvalue weighted by atomic mass is 9.97. The molecular weight excluding hydrogens is 369 g/mol. The van der Waals surface area contributed by atoms with Crippen LogP contribution in [0, 0.1) is 5.92 Å². The summed E-state index contributed by atoms with van der Waals surface area (Å²) in [5, 5.41) is 2.34. The molecule has 2 heterocycles. The van der Waals surface area contributed by atoms with Crippen LogP contribution in [0.15, 0.2) is 21.2 Å². The Morgan fingerprint density at radius 3 is 2.73 bits per heavy atom. The average Bonchev–Trinajstić information content (AvgIpc) is 2.90. The number of furan rings is 1. The maximum Gasteiger partial charge on any atom is 0.393 e. The van der Waals surface area contributed by atoms with E-state index < -0.39 is 23.9 Å². The summed E-state index contributed by atoms with van der Waals surface area (Å²) in [4.78, 5) is 24.7. The molecule has 1 fully saturated rings. The van der Waals surface area contributed by atoms with E-state index in [1.54, 1.807) is 0 Å². The lowest BCUT2D eigenvalue weighted by molar-refractivity contribution is -0.187. The fraction of sp³-hybridized carbons (Fsp3) is 0.538. The van der Waals surface area contributed by atoms with Crippen LogP contribution in [0.3, 0.4) is 0 Å². The zero-order valence-electron chi connectivity index (χ0n) is 11.5. The predicted molar refractivity (Wildman–Crippen MR) is 74.1 cm³/mol. The summed E-state index contributed by atoms with van der Waals surface area (Å²) in [7, 11) is 0. The van der Waals surface area contributed by atoms with Gasteiger partial charge >= 0.3 is 6.18 Å². The SMILES string of the molecule is O=C(NCC(=O)N1CCC[C@H](C(F)(F)F)C1)c1ccc(Br)o1. The minimum Gasteiger partial charge on any atom is -0.444 e. The smallest absolute Gasteiger partial charge is 0.393 e. The van der Waals surface area contributed by atoms with Crippen molar-refractivity contribution in [1.82, 2.24) is 10.2 Å². The van der Waals surface area contributed by atoms with Crippen molar-refractivity contribution < 1.29 is 27.2 Å². The van der Waals surface area contributed by atoms with Crippen molar-refractivity contribution in [1.29, 1.82) is 0 Å². The third-order valence-corrected chi connectivity index (χ3v) is 3.86. The van der Waals surface area contributed by atoms with Crippen LogP contribution in [0.1, 0.15) is 23.4 Å². The number of amides is 2. The Kier molecular flexibility index (Phi) is 5.15. The summed E-state index contributed by atoms with van der Waals surface area (Å²) >= 11 is 3.04. The first kappa shape index (κ1) is 16.9. The Morgan fingerprint density at radius 2 is 2.14 bits per heavy atom. The van der Waals surface area contributed by atoms with Gasteiger partial charge in [-0.05, 0) is 40.9 Å². The summed E-state index contributed by atoms with van der Waals surface area (Å²) in [6.07, 6.45) is -3.97. The van der Waals surface area contributed by atoms with E-state index in [-0.39, 0.29) is 31.8 Å². The maximum absolute atomic E-state index is 12.7. The van der Waals surface area contributed by atoms with Gasteiger partial charge in [-0.15, -0.1) is 0 Å². The summed E-state index contributed by atoms with van der Waals surface area (Å²) < 4.78 is 43.5. The molecule has 1 aliphatic heterocycles. The second kappa shape index (κ2) is 6.72. The number of hydrogen-bond acceptors (Lipinski definition) is 3. The number of alkyl halides is 3. The van der Waals surface area contributed by atoms with Gasteiger partial charge in [0.1, 0.15) is 0 Å². The van der Waals surface area contributed by atoms with Crippen molar-refractivity contribution >= 4 is 27.7 Å². The number of halogens is 4. The molecule has 5 nitrogen and oxygen atoms in total. The number of likely N-dealkylation sites (tertiary alicyclic amines) is 1. The molecule has 1 aliphatic rings. The second-order valence-electron chi connectivity index (χ2n) is 5.01. The van der Waals surface area contributed by atoms with E-state index in [2.05, 4.69) is 21.2 Å². The first-order valence-corrected chi connectivity index (χ1v) is 7.44. The minimum absolute atomic E-state index is 0.0199. The highest BCUT2D eigenvalue weighted by Gasteiger charge is 2.42. The summed E-state index contributed by atoms with van der Waals surface area (Å²) in [6, 6.07) is 2.94. The minimum atomic E-state index is -4.30. The van der Waals surface area contributed by atoms with Gasteiger partial charge in [0.15, 0.2) is 10.4 Å². The van der Waals surface area contributed by atoms with Crippen molar-refractivity contribution in [3.05, 3.63) is 22.6 Å². The van der Waals surface area contributed by atoms with Crippen molar-refractivity contribution in [3.63, 3.8) is 0 Å². The van der Waals surface area contributed by atoms with Crippen LogP contribution in [0.25, 0.3) is 0 Å². The van der Waals surface area contributed by atoms with E-state index in [0.717, 1.165) is 4.90 Å². The number of hydrogen-bond donors (Lipinski definition) is 1. The molecular formula is C13H14BrF3N2O3. The zero-order valence-corrected chi connectivity index (χ0v) is 13.0. The standard InChI is InChI=1S/C13H14BrF3N2O3/c14-10-4-3-9(22-10)12(21)18-6-11(20)19-5-1-2-8(7-19)13(15,16)17/h3-4,8H,1-2,5-7H2,(H,18,21)/t8-/m0/s1. The van der Waals surface area contributed by atoms with Crippen LogP contribution in [-0.4, -0.2) is 42.5 Å². The van der Waals surface area contributed by atoms with Crippen LogP contribution >= 0.6 is 15.9 Å². The van der Waals surface area contributed by atoms with Crippen LogP contribution < -0.4 is 5.32 Å². The molecule has 1 saturated heterocycles. The highest BCUT2D eigenvalue weighted by molar-refractivity contribution is 9.10. The third kappa shape index (κ3) is 4.25. The van der Waals surface area contributed by atoms with Gasteiger partial charge in [-0.3, -0.25) is 9.59 Å². The van der Waals surface area contributed by atoms with E-state index >= 15 is 0 Å². The van der Waals surface area contributed by atoms with Gasteiger partial charge in [-0.1, -0.05) is 0 Å². The average molecular weight is 383 g/mol. The topological polar surface area (TPSA) is 62.6 Å². The number of carbonyl (C=O) groups is 2. The largest absolute Gasteiger partial charge is 0.444 e. The molecule has 122 valence electrons. The van der Waals surface area contributed by atoms with Gasteiger partial charge in [-0.25, -0.2) is 0 Å². The molecule has 1 aromatic heterocycles. The van der Waals surface area contributed by atoms with Gasteiger partial charge in [0.25, 0.3) is 5.91 Å². The Labute approximate surface area is 133 Å². The summed E-state index contributed by atoms with van der Waals surface area (Å²) in [5.74, 6) is -2.61. The van der Waals surface area contributed by atoms with E-state index in [4.69, 9.17) is 4.42 Å². The highest BCUT2D eigenvalue weighted by Crippen LogP contribution is 2.33. The molecule has 0 bridgehead atoms. The van der Waals surface area contributed by atoms with Crippen molar-refractivity contribution in [2.45, 2.75) is 19.0 Å². The van der Waals surface area contributed by atoms with E-state index in [1.165, 1.54) is 12.1 Å². The maximum atomic E-state index is 12.7. The van der Waals surface area contributed by atoms with Crippen molar-refractivity contribution in [2.75, 3.05) is 19.6 Å². The molecule has 0 unspecified atom stereocenters. The van der Waals surface area contributed by atoms with Crippen molar-refractivity contribution in [3.8, 4) is 0 Å². The number of piperidine rings is 1. The van der Waals surface area contributed by atoms with Crippen molar-refractivity contribution in [2.24, 2.45) is 5.92 Å². The quantitative estimate of drug-likeness (QED) is 0.873. The molecule has 9 heteroatoms. The monoisotopic (exact) mass is 382 g/mol. The molecule has 2 amide bonds. The molecule has 1 atom stereocenters. The number of nitrogens with one attached hydrogen (secondary N) is 1. The van der Waals surface area contributed by atoms with Gasteiger partial charge < -0.3 is 14.6 Å². The lowest BCUT2D eigenvalue weighted by Crippen LogP contribution is -2.47. The molecule has 22 heavy (non-hydrogen) atoms. The van der Waals surface area contributed by atoms with Crippen LogP contribution in [0.2, 0.25) is 0 Å². The number of nitrogens with zero attached hydrogens (tertiary/aromatic N) is 1. The fourth-order valence-electron chi connectivity index (χ4n) is 2.26. The van der Waals surface area contributed by atoms with Crippen LogP contribution in [0.4, 0.5) is 13.2 Å². The molecule has 0 radical (unpaired) electrons. The van der Waals surface area contributed by atoms with E-state index in [9.17, 15) is 22.8 Å². The highest BCUT2D eigenvalue weighted by atomic mass is 79.9. The first-order valence-electron chi connectivity index (χ1n) is 6.65. The molecule has 0 aliphatic carbocycles. The molecule has 1 N–H and O–H groups in total. The number of rotatable bonds is 3. The first-order chi connectivity index (χ1) is 10.3. The normalized spacial score (nSPS) is 19.1. The summed E-state index contributed by atoms with van der Waals surface area (Å²) in [6.45, 7) is -0.445. The van der Waals surface area contributed by atoms with Crippen LogP contribution in [0.5, 0.6) is 0 Å². The predicted octanol–water partition coefficient (Wildman–Crippen LogP) is 2.57. The Hall–Kier alpha value is -1.51. The summed E-state index contributed by atoms with van der Waals surface area (Å²) in [5.41, 5.74) is 0. The van der Waals surface area contributed by atoms with Gasteiger partial charge in [0, 0.05) is 13.1 Å².